The maximum atomic E-state index is 11.4. The minimum Gasteiger partial charge on any atom is -0.340 e. The number of carbonyl (C=O) groups is 1. The number of nitrogens with zero attached hydrogens (tertiary/aromatic N) is 2. The van der Waals surface area contributed by atoms with Gasteiger partial charge in [0.1, 0.15) is 0 Å². The highest BCUT2D eigenvalue weighted by Crippen LogP contribution is 2.15. The Hall–Kier alpha value is -0.610. The van der Waals surface area contributed by atoms with Gasteiger partial charge < -0.3 is 15.5 Å². The van der Waals surface area contributed by atoms with E-state index in [1.807, 2.05) is 11.8 Å². The summed E-state index contributed by atoms with van der Waals surface area (Å²) in [6.45, 7) is 4.88. The van der Waals surface area contributed by atoms with Crippen molar-refractivity contribution < 1.29 is 4.79 Å². The molecule has 0 saturated carbocycles. The van der Waals surface area contributed by atoms with E-state index in [4.69, 9.17) is 5.73 Å². The number of hydrogen-bond donors (Lipinski definition) is 1. The summed E-state index contributed by atoms with van der Waals surface area (Å²) in [4.78, 5) is 15.6. The lowest BCUT2D eigenvalue weighted by molar-refractivity contribution is -0.130. The van der Waals surface area contributed by atoms with Crippen LogP contribution in [-0.2, 0) is 4.79 Å². The third kappa shape index (κ3) is 2.69. The normalized spacial score (nSPS) is 22.6. The zero-order valence-corrected chi connectivity index (χ0v) is 9.20. The average Bonchev–Trinajstić information content (AvgIpc) is 2.59. The highest BCUT2D eigenvalue weighted by atomic mass is 16.2. The number of amides is 1. The van der Waals surface area contributed by atoms with E-state index in [9.17, 15) is 4.79 Å². The Labute approximate surface area is 86.0 Å². The molecule has 1 atom stereocenters. The molecular formula is C10H21N3O. The topological polar surface area (TPSA) is 49.6 Å². The number of hydrogen-bond acceptors (Lipinski definition) is 3. The maximum absolute atomic E-state index is 11.4. The van der Waals surface area contributed by atoms with E-state index < -0.39 is 0 Å². The SMILES string of the molecule is CCN(CC1CCCN1C)C(=O)CN. The highest BCUT2D eigenvalue weighted by molar-refractivity contribution is 5.78. The highest BCUT2D eigenvalue weighted by Gasteiger charge is 2.24. The summed E-state index contributed by atoms with van der Waals surface area (Å²) in [5, 5.41) is 0. The predicted molar refractivity (Wildman–Crippen MR) is 57.0 cm³/mol. The Balaban J connectivity index is 2.43. The zero-order valence-electron chi connectivity index (χ0n) is 9.20. The number of carbonyl (C=O) groups excluding carboxylic acids is 1. The van der Waals surface area contributed by atoms with Gasteiger partial charge in [0.05, 0.1) is 6.54 Å². The van der Waals surface area contributed by atoms with Gasteiger partial charge in [-0.25, -0.2) is 0 Å². The van der Waals surface area contributed by atoms with Crippen LogP contribution >= 0.6 is 0 Å². The summed E-state index contributed by atoms with van der Waals surface area (Å²) in [5.41, 5.74) is 5.35. The monoisotopic (exact) mass is 199 g/mol. The summed E-state index contributed by atoms with van der Waals surface area (Å²) in [5.74, 6) is 0.0628. The molecule has 14 heavy (non-hydrogen) atoms. The molecule has 4 heteroatoms. The fourth-order valence-corrected chi connectivity index (χ4v) is 2.00. The van der Waals surface area contributed by atoms with Crippen molar-refractivity contribution in [3.8, 4) is 0 Å². The van der Waals surface area contributed by atoms with Gasteiger partial charge in [0, 0.05) is 19.1 Å². The first kappa shape index (κ1) is 11.5. The summed E-state index contributed by atoms with van der Waals surface area (Å²) >= 11 is 0. The number of rotatable bonds is 4. The first-order chi connectivity index (χ1) is 6.69. The van der Waals surface area contributed by atoms with Crippen molar-refractivity contribution in [2.75, 3.05) is 33.2 Å². The molecule has 1 aliphatic rings. The third-order valence-electron chi connectivity index (χ3n) is 3.01. The Morgan fingerprint density at radius 3 is 2.79 bits per heavy atom. The fourth-order valence-electron chi connectivity index (χ4n) is 2.00. The maximum Gasteiger partial charge on any atom is 0.236 e. The lowest BCUT2D eigenvalue weighted by Gasteiger charge is -2.27. The summed E-state index contributed by atoms with van der Waals surface area (Å²) < 4.78 is 0. The minimum atomic E-state index is 0.0628. The quantitative estimate of drug-likeness (QED) is 0.687. The number of likely N-dealkylation sites (tertiary alicyclic amines) is 1. The van der Waals surface area contributed by atoms with Crippen LogP contribution in [0, 0.1) is 0 Å². The number of nitrogens with two attached hydrogens (primary N) is 1. The molecule has 4 nitrogen and oxygen atoms in total. The van der Waals surface area contributed by atoms with Crippen LogP contribution in [-0.4, -0.2) is 55.0 Å². The first-order valence-corrected chi connectivity index (χ1v) is 5.37. The molecular weight excluding hydrogens is 178 g/mol. The van der Waals surface area contributed by atoms with Gasteiger partial charge in [-0.2, -0.15) is 0 Å². The van der Waals surface area contributed by atoms with E-state index in [1.165, 1.54) is 12.8 Å². The molecule has 0 aromatic heterocycles. The molecule has 1 heterocycles. The largest absolute Gasteiger partial charge is 0.340 e. The van der Waals surface area contributed by atoms with Gasteiger partial charge >= 0.3 is 0 Å². The molecule has 0 bridgehead atoms. The summed E-state index contributed by atoms with van der Waals surface area (Å²) in [7, 11) is 2.12. The number of likely N-dealkylation sites (N-methyl/N-ethyl adjacent to an activating group) is 2. The second kappa shape index (κ2) is 5.32. The third-order valence-corrected chi connectivity index (χ3v) is 3.01. The van der Waals surface area contributed by atoms with E-state index in [-0.39, 0.29) is 12.5 Å². The van der Waals surface area contributed by atoms with Crippen molar-refractivity contribution in [3.63, 3.8) is 0 Å². The van der Waals surface area contributed by atoms with Gasteiger partial charge in [0.25, 0.3) is 0 Å². The predicted octanol–water partition coefficient (Wildman–Crippen LogP) is -0.112. The van der Waals surface area contributed by atoms with Gasteiger partial charge in [0.15, 0.2) is 0 Å². The summed E-state index contributed by atoms with van der Waals surface area (Å²) in [6, 6.07) is 0.533. The van der Waals surface area contributed by atoms with Crippen molar-refractivity contribution in [2.45, 2.75) is 25.8 Å². The fraction of sp³-hybridized carbons (Fsp3) is 0.900. The van der Waals surface area contributed by atoms with Crippen LogP contribution < -0.4 is 5.73 Å². The van der Waals surface area contributed by atoms with Crippen molar-refractivity contribution in [3.05, 3.63) is 0 Å². The van der Waals surface area contributed by atoms with Crippen molar-refractivity contribution in [1.82, 2.24) is 9.80 Å². The smallest absolute Gasteiger partial charge is 0.236 e. The molecule has 1 fully saturated rings. The molecule has 0 spiro atoms. The molecule has 2 N–H and O–H groups in total. The lowest BCUT2D eigenvalue weighted by atomic mass is 10.2. The molecule has 0 aromatic carbocycles. The van der Waals surface area contributed by atoms with Gasteiger partial charge in [-0.05, 0) is 33.4 Å². The Kier molecular flexibility index (Phi) is 4.35. The molecule has 1 saturated heterocycles. The second-order valence-corrected chi connectivity index (χ2v) is 3.91. The van der Waals surface area contributed by atoms with Crippen LogP contribution in [0.3, 0.4) is 0 Å². The van der Waals surface area contributed by atoms with Crippen LogP contribution in [0.4, 0.5) is 0 Å². The standard InChI is InChI=1S/C10H21N3O/c1-3-13(10(14)7-11)8-9-5-4-6-12(9)2/h9H,3-8,11H2,1-2H3. The van der Waals surface area contributed by atoms with E-state index in [1.54, 1.807) is 0 Å². The molecule has 1 amide bonds. The van der Waals surface area contributed by atoms with Crippen molar-refractivity contribution in [1.29, 1.82) is 0 Å². The molecule has 0 aliphatic carbocycles. The summed E-state index contributed by atoms with van der Waals surface area (Å²) in [6.07, 6.45) is 2.44. The Morgan fingerprint density at radius 1 is 1.64 bits per heavy atom. The first-order valence-electron chi connectivity index (χ1n) is 5.37. The van der Waals surface area contributed by atoms with E-state index >= 15 is 0 Å². The van der Waals surface area contributed by atoms with E-state index in [0.29, 0.717) is 6.04 Å². The van der Waals surface area contributed by atoms with Crippen molar-refractivity contribution >= 4 is 5.91 Å². The minimum absolute atomic E-state index is 0.0628. The van der Waals surface area contributed by atoms with Gasteiger partial charge in [0.2, 0.25) is 5.91 Å². The van der Waals surface area contributed by atoms with Crippen molar-refractivity contribution in [2.24, 2.45) is 5.73 Å². The molecule has 1 rings (SSSR count). The Morgan fingerprint density at radius 2 is 2.36 bits per heavy atom. The molecule has 0 radical (unpaired) electrons. The van der Waals surface area contributed by atoms with Gasteiger partial charge in [-0.15, -0.1) is 0 Å². The Bertz CT molecular complexity index is 196. The molecule has 0 aromatic rings. The van der Waals surface area contributed by atoms with Crippen LogP contribution in [0.15, 0.2) is 0 Å². The zero-order chi connectivity index (χ0) is 10.6. The van der Waals surface area contributed by atoms with E-state index in [2.05, 4.69) is 11.9 Å². The van der Waals surface area contributed by atoms with E-state index in [0.717, 1.165) is 19.6 Å². The molecule has 1 aliphatic heterocycles. The average molecular weight is 199 g/mol. The van der Waals surface area contributed by atoms with Crippen LogP contribution in [0.1, 0.15) is 19.8 Å². The lowest BCUT2D eigenvalue weighted by Crippen LogP contribution is -2.43. The van der Waals surface area contributed by atoms with Gasteiger partial charge in [-0.3, -0.25) is 4.79 Å². The second-order valence-electron chi connectivity index (χ2n) is 3.91. The molecule has 1 unspecified atom stereocenters. The van der Waals surface area contributed by atoms with Gasteiger partial charge in [-0.1, -0.05) is 0 Å². The van der Waals surface area contributed by atoms with Crippen LogP contribution in [0.5, 0.6) is 0 Å². The van der Waals surface area contributed by atoms with Crippen LogP contribution in [0.2, 0.25) is 0 Å². The molecule has 82 valence electrons. The van der Waals surface area contributed by atoms with Crippen LogP contribution in [0.25, 0.3) is 0 Å².